The summed E-state index contributed by atoms with van der Waals surface area (Å²) in [7, 11) is 0. The van der Waals surface area contributed by atoms with Crippen molar-refractivity contribution in [2.24, 2.45) is 0 Å². The summed E-state index contributed by atoms with van der Waals surface area (Å²) >= 11 is 2.85. The Labute approximate surface area is 141 Å². The van der Waals surface area contributed by atoms with E-state index in [-0.39, 0.29) is 5.56 Å². The second-order valence-corrected chi connectivity index (χ2v) is 6.80. The minimum atomic E-state index is -0.238. The first kappa shape index (κ1) is 15.6. The van der Waals surface area contributed by atoms with Crippen LogP contribution in [0.2, 0.25) is 0 Å². The van der Waals surface area contributed by atoms with Gasteiger partial charge in [-0.25, -0.2) is 9.66 Å². The number of unbranched alkanes of at least 4 members (excludes halogenated alkanes) is 1. The minimum absolute atomic E-state index is 0.238. The molecule has 2 heterocycles. The molecule has 0 saturated heterocycles. The summed E-state index contributed by atoms with van der Waals surface area (Å²) in [5.74, 6) is 6.64. The van der Waals surface area contributed by atoms with Crippen LogP contribution in [0.1, 0.15) is 12.8 Å². The van der Waals surface area contributed by atoms with E-state index in [0.29, 0.717) is 27.5 Å². The predicted molar refractivity (Wildman–Crippen MR) is 95.0 cm³/mol. The van der Waals surface area contributed by atoms with Crippen molar-refractivity contribution in [3.63, 3.8) is 0 Å². The van der Waals surface area contributed by atoms with Crippen LogP contribution < -0.4 is 11.4 Å². The van der Waals surface area contributed by atoms with Crippen molar-refractivity contribution in [1.82, 2.24) is 9.66 Å². The van der Waals surface area contributed by atoms with Gasteiger partial charge < -0.3 is 5.84 Å². The van der Waals surface area contributed by atoms with Crippen LogP contribution in [0.5, 0.6) is 0 Å². The second kappa shape index (κ2) is 6.86. The molecule has 0 spiro atoms. The maximum atomic E-state index is 12.6. The summed E-state index contributed by atoms with van der Waals surface area (Å²) < 4.78 is 1.11. The van der Waals surface area contributed by atoms with Crippen LogP contribution in [0.4, 0.5) is 0 Å². The predicted octanol–water partition coefficient (Wildman–Crippen LogP) is 3.23. The Balaban J connectivity index is 2.02. The molecule has 3 rings (SSSR count). The average Bonchev–Trinajstić information content (AvgIpc) is 3.00. The molecule has 0 radical (unpaired) electrons. The van der Waals surface area contributed by atoms with Crippen molar-refractivity contribution < 1.29 is 0 Å². The molecule has 3 aromatic rings. The quantitative estimate of drug-likeness (QED) is 0.333. The third-order valence-electron chi connectivity index (χ3n) is 3.36. The fourth-order valence-corrected chi connectivity index (χ4v) is 4.08. The molecule has 2 aromatic heterocycles. The van der Waals surface area contributed by atoms with E-state index < -0.39 is 0 Å². The topological polar surface area (TPSA) is 84.7 Å². The van der Waals surface area contributed by atoms with E-state index in [0.717, 1.165) is 22.2 Å². The van der Waals surface area contributed by atoms with Crippen LogP contribution in [-0.2, 0) is 0 Å². The number of fused-ring (bicyclic) bond motifs is 1. The summed E-state index contributed by atoms with van der Waals surface area (Å²) in [6, 6.07) is 11.8. The van der Waals surface area contributed by atoms with E-state index in [1.165, 1.54) is 23.1 Å². The lowest BCUT2D eigenvalue weighted by molar-refractivity contribution is 0.780. The van der Waals surface area contributed by atoms with Gasteiger partial charge in [-0.3, -0.25) is 4.79 Å². The van der Waals surface area contributed by atoms with Crippen LogP contribution in [-0.4, -0.2) is 15.4 Å². The highest BCUT2D eigenvalue weighted by Crippen LogP contribution is 2.31. The van der Waals surface area contributed by atoms with Crippen molar-refractivity contribution in [3.05, 3.63) is 46.1 Å². The fourth-order valence-electron chi connectivity index (χ4n) is 2.23. The van der Waals surface area contributed by atoms with Gasteiger partial charge in [0.15, 0.2) is 5.16 Å². The van der Waals surface area contributed by atoms with Crippen molar-refractivity contribution >= 4 is 33.3 Å². The number of thiophene rings is 1. The van der Waals surface area contributed by atoms with Crippen LogP contribution in [0.3, 0.4) is 0 Å². The van der Waals surface area contributed by atoms with Gasteiger partial charge >= 0.3 is 0 Å². The number of aromatic nitrogens is 2. The van der Waals surface area contributed by atoms with Gasteiger partial charge in [0.25, 0.3) is 5.56 Å². The van der Waals surface area contributed by atoms with Crippen LogP contribution in [0.25, 0.3) is 21.3 Å². The summed E-state index contributed by atoms with van der Waals surface area (Å²) in [6.45, 7) is 0. The lowest BCUT2D eigenvalue weighted by Crippen LogP contribution is -2.29. The zero-order valence-corrected chi connectivity index (χ0v) is 13.9. The Kier molecular flexibility index (Phi) is 4.65. The zero-order chi connectivity index (χ0) is 16.2. The number of nitrogens with zero attached hydrogens (tertiary/aromatic N) is 3. The Morgan fingerprint density at radius 3 is 2.87 bits per heavy atom. The number of nitriles is 1. The van der Waals surface area contributed by atoms with Crippen molar-refractivity contribution in [3.8, 4) is 17.2 Å². The summed E-state index contributed by atoms with van der Waals surface area (Å²) in [5.41, 5.74) is 1.60. The third-order valence-corrected chi connectivity index (χ3v) is 5.27. The van der Waals surface area contributed by atoms with Gasteiger partial charge in [-0.1, -0.05) is 42.1 Å². The lowest BCUT2D eigenvalue weighted by atomic mass is 10.1. The van der Waals surface area contributed by atoms with Gasteiger partial charge in [-0.15, -0.1) is 11.3 Å². The van der Waals surface area contributed by atoms with Crippen molar-refractivity contribution in [2.45, 2.75) is 18.0 Å². The molecule has 0 amide bonds. The van der Waals surface area contributed by atoms with E-state index in [4.69, 9.17) is 11.1 Å². The fraction of sp³-hybridized carbons (Fsp3) is 0.188. The van der Waals surface area contributed by atoms with Gasteiger partial charge in [0.1, 0.15) is 4.83 Å². The molecule has 0 unspecified atom stereocenters. The number of nitrogen functional groups attached to an aromatic ring is 1. The molecule has 5 nitrogen and oxygen atoms in total. The van der Waals surface area contributed by atoms with Crippen LogP contribution in [0.15, 0.2) is 45.7 Å². The molecule has 0 saturated carbocycles. The first-order valence-corrected chi connectivity index (χ1v) is 8.93. The molecule has 0 fully saturated rings. The monoisotopic (exact) mass is 342 g/mol. The Bertz CT molecular complexity index is 925. The molecule has 0 aliphatic rings. The highest BCUT2D eigenvalue weighted by atomic mass is 32.2. The minimum Gasteiger partial charge on any atom is -0.334 e. The normalized spacial score (nSPS) is 10.7. The molecule has 0 bridgehead atoms. The third kappa shape index (κ3) is 3.09. The standard InChI is InChI=1S/C16H14N4OS2/c17-8-4-5-9-22-16-19-14-13(15(21)20(16)18)12(10-23-14)11-6-2-1-3-7-11/h1-3,6-7,10H,4-5,9,18H2. The summed E-state index contributed by atoms with van der Waals surface area (Å²) in [6.07, 6.45) is 1.23. The van der Waals surface area contributed by atoms with E-state index in [1.807, 2.05) is 35.7 Å². The Hall–Kier alpha value is -2.30. The first-order valence-electron chi connectivity index (χ1n) is 7.07. The number of rotatable bonds is 5. The number of hydrogen-bond acceptors (Lipinski definition) is 6. The Morgan fingerprint density at radius 2 is 2.13 bits per heavy atom. The maximum Gasteiger partial charge on any atom is 0.282 e. The van der Waals surface area contributed by atoms with Crippen LogP contribution in [0, 0.1) is 11.3 Å². The molecule has 0 aliphatic carbocycles. The smallest absolute Gasteiger partial charge is 0.282 e. The Morgan fingerprint density at radius 1 is 1.35 bits per heavy atom. The lowest BCUT2D eigenvalue weighted by Gasteiger charge is -2.07. The van der Waals surface area contributed by atoms with Crippen molar-refractivity contribution in [1.29, 1.82) is 5.26 Å². The van der Waals surface area contributed by atoms with Gasteiger partial charge in [-0.2, -0.15) is 5.26 Å². The molecule has 23 heavy (non-hydrogen) atoms. The largest absolute Gasteiger partial charge is 0.334 e. The van der Waals surface area contributed by atoms with E-state index >= 15 is 0 Å². The zero-order valence-electron chi connectivity index (χ0n) is 12.2. The van der Waals surface area contributed by atoms with Gasteiger partial charge in [0.05, 0.1) is 11.5 Å². The van der Waals surface area contributed by atoms with E-state index in [2.05, 4.69) is 11.1 Å². The SMILES string of the molecule is N#CCCCSc1nc2scc(-c3ccccc3)c2c(=O)n1N. The molecule has 2 N–H and O–H groups in total. The number of benzene rings is 1. The summed E-state index contributed by atoms with van der Waals surface area (Å²) in [5, 5.41) is 11.6. The van der Waals surface area contributed by atoms with Crippen molar-refractivity contribution in [2.75, 3.05) is 11.6 Å². The molecule has 1 aromatic carbocycles. The number of nitrogens with two attached hydrogens (primary N) is 1. The molecular weight excluding hydrogens is 328 g/mol. The van der Waals surface area contributed by atoms with E-state index in [1.54, 1.807) is 0 Å². The molecule has 7 heteroatoms. The van der Waals surface area contributed by atoms with E-state index in [9.17, 15) is 4.79 Å². The molecule has 116 valence electrons. The number of hydrogen-bond donors (Lipinski definition) is 1. The molecular formula is C16H14N4OS2. The van der Waals surface area contributed by atoms with Gasteiger partial charge in [-0.05, 0) is 12.0 Å². The van der Waals surface area contributed by atoms with Gasteiger partial charge in [0, 0.05) is 23.1 Å². The average molecular weight is 342 g/mol. The van der Waals surface area contributed by atoms with Gasteiger partial charge in [0.2, 0.25) is 0 Å². The first-order chi connectivity index (χ1) is 11.2. The second-order valence-electron chi connectivity index (χ2n) is 4.88. The highest BCUT2D eigenvalue weighted by molar-refractivity contribution is 7.99. The molecule has 0 aliphatic heterocycles. The van der Waals surface area contributed by atoms with Crippen LogP contribution >= 0.6 is 23.1 Å². The summed E-state index contributed by atoms with van der Waals surface area (Å²) in [4.78, 5) is 17.8. The number of thioether (sulfide) groups is 1. The maximum absolute atomic E-state index is 12.6. The highest BCUT2D eigenvalue weighted by Gasteiger charge is 2.15. The molecule has 0 atom stereocenters.